The molecule has 1 aromatic rings. The number of anilines is 1. The number of nitro groups is 1. The van der Waals surface area contributed by atoms with E-state index in [-0.39, 0.29) is 12.2 Å². The van der Waals surface area contributed by atoms with E-state index in [1.54, 1.807) is 12.1 Å². The molecule has 0 bridgehead atoms. The van der Waals surface area contributed by atoms with E-state index in [1.165, 1.54) is 6.07 Å². The van der Waals surface area contributed by atoms with Gasteiger partial charge in [0.2, 0.25) is 0 Å². The molecular weight excluding hydrogens is 377 g/mol. The third-order valence-corrected chi connectivity index (χ3v) is 4.08. The molecule has 1 aromatic carbocycles. The first-order valence-electron chi connectivity index (χ1n) is 6.10. The summed E-state index contributed by atoms with van der Waals surface area (Å²) >= 11 is 2.09. The van der Waals surface area contributed by atoms with E-state index in [1.807, 2.05) is 4.90 Å². The van der Waals surface area contributed by atoms with Gasteiger partial charge >= 0.3 is 5.97 Å². The summed E-state index contributed by atoms with van der Waals surface area (Å²) in [6.07, 6.45) is 0. The maximum atomic E-state index is 10.7. The standard InChI is InChI=1S/C12H14IN3O4/c13-10-7-9(16(19)20)1-2-11(10)15-5-3-14(4-6-15)8-12(17)18/h1-2,7H,3-6,8H2,(H,17,18). The Morgan fingerprint density at radius 3 is 2.50 bits per heavy atom. The van der Waals surface area contributed by atoms with E-state index in [0.29, 0.717) is 13.1 Å². The second kappa shape index (κ2) is 6.35. The molecule has 1 aliphatic rings. The molecule has 0 aliphatic carbocycles. The van der Waals surface area contributed by atoms with Gasteiger partial charge in [-0.05, 0) is 28.7 Å². The van der Waals surface area contributed by atoms with Crippen molar-refractivity contribution in [2.24, 2.45) is 0 Å². The third-order valence-electron chi connectivity index (χ3n) is 3.21. The van der Waals surface area contributed by atoms with Crippen LogP contribution in [0.4, 0.5) is 11.4 Å². The van der Waals surface area contributed by atoms with Gasteiger partial charge in [-0.25, -0.2) is 0 Å². The molecule has 108 valence electrons. The maximum absolute atomic E-state index is 10.7. The van der Waals surface area contributed by atoms with Gasteiger partial charge in [0.25, 0.3) is 5.69 Å². The molecule has 1 saturated heterocycles. The minimum Gasteiger partial charge on any atom is -0.480 e. The second-order valence-electron chi connectivity index (χ2n) is 4.55. The summed E-state index contributed by atoms with van der Waals surface area (Å²) in [5.74, 6) is -0.816. The highest BCUT2D eigenvalue weighted by atomic mass is 127. The van der Waals surface area contributed by atoms with Crippen LogP contribution in [0.25, 0.3) is 0 Å². The number of rotatable bonds is 4. The number of hydrogen-bond acceptors (Lipinski definition) is 5. The number of carboxylic acids is 1. The van der Waals surface area contributed by atoms with Gasteiger partial charge in [-0.2, -0.15) is 0 Å². The number of hydrogen-bond donors (Lipinski definition) is 1. The predicted octanol–water partition coefficient (Wildman–Crippen LogP) is 1.41. The number of carboxylic acid groups (broad SMARTS) is 1. The van der Waals surface area contributed by atoms with E-state index in [9.17, 15) is 14.9 Å². The Kier molecular flexibility index (Phi) is 4.76. The van der Waals surface area contributed by atoms with Crippen LogP contribution in [-0.4, -0.2) is 53.6 Å². The van der Waals surface area contributed by atoms with Crippen LogP contribution in [0.3, 0.4) is 0 Å². The summed E-state index contributed by atoms with van der Waals surface area (Å²) in [6, 6.07) is 4.81. The monoisotopic (exact) mass is 391 g/mol. The normalized spacial score (nSPS) is 16.1. The first-order valence-corrected chi connectivity index (χ1v) is 7.18. The Morgan fingerprint density at radius 1 is 1.35 bits per heavy atom. The third kappa shape index (κ3) is 3.57. The Morgan fingerprint density at radius 2 is 2.00 bits per heavy atom. The second-order valence-corrected chi connectivity index (χ2v) is 5.71. The zero-order chi connectivity index (χ0) is 14.7. The highest BCUT2D eigenvalue weighted by molar-refractivity contribution is 14.1. The van der Waals surface area contributed by atoms with Gasteiger partial charge in [-0.1, -0.05) is 0 Å². The number of non-ortho nitro benzene ring substituents is 1. The molecule has 0 unspecified atom stereocenters. The van der Waals surface area contributed by atoms with Crippen molar-refractivity contribution in [3.8, 4) is 0 Å². The van der Waals surface area contributed by atoms with Gasteiger partial charge in [-0.3, -0.25) is 19.8 Å². The fourth-order valence-corrected chi connectivity index (χ4v) is 3.04. The summed E-state index contributed by atoms with van der Waals surface area (Å²) in [5, 5.41) is 19.5. The SMILES string of the molecule is O=C(O)CN1CCN(c2ccc([N+](=O)[O-])cc2I)CC1. The van der Waals surface area contributed by atoms with Crippen LogP contribution in [0.2, 0.25) is 0 Å². The van der Waals surface area contributed by atoms with E-state index in [4.69, 9.17) is 5.11 Å². The number of aliphatic carboxylic acids is 1. The summed E-state index contributed by atoms with van der Waals surface area (Å²) in [4.78, 5) is 25.0. The Hall–Kier alpha value is -1.42. The van der Waals surface area contributed by atoms with Gasteiger partial charge < -0.3 is 10.0 Å². The molecular formula is C12H14IN3O4. The minimum absolute atomic E-state index is 0.0607. The van der Waals surface area contributed by atoms with Gasteiger partial charge in [0.15, 0.2) is 0 Å². The van der Waals surface area contributed by atoms with Crippen molar-refractivity contribution in [3.63, 3.8) is 0 Å². The molecule has 1 fully saturated rings. The molecule has 1 N–H and O–H groups in total. The largest absolute Gasteiger partial charge is 0.480 e. The summed E-state index contributed by atoms with van der Waals surface area (Å²) in [7, 11) is 0. The molecule has 0 amide bonds. The fourth-order valence-electron chi connectivity index (χ4n) is 2.20. The highest BCUT2D eigenvalue weighted by Crippen LogP contribution is 2.27. The van der Waals surface area contributed by atoms with Crippen molar-refractivity contribution in [3.05, 3.63) is 31.9 Å². The molecule has 0 atom stereocenters. The lowest BCUT2D eigenvalue weighted by Gasteiger charge is -2.35. The quantitative estimate of drug-likeness (QED) is 0.475. The lowest BCUT2D eigenvalue weighted by Crippen LogP contribution is -2.48. The Bertz CT molecular complexity index is 529. The molecule has 7 nitrogen and oxygen atoms in total. The van der Waals surface area contributed by atoms with Gasteiger partial charge in [-0.15, -0.1) is 0 Å². The molecule has 0 aromatic heterocycles. The fraction of sp³-hybridized carbons (Fsp3) is 0.417. The van der Waals surface area contributed by atoms with Gasteiger partial charge in [0.05, 0.1) is 17.2 Å². The van der Waals surface area contributed by atoms with Crippen LogP contribution in [-0.2, 0) is 4.79 Å². The lowest BCUT2D eigenvalue weighted by molar-refractivity contribution is -0.384. The molecule has 1 aliphatic heterocycles. The van der Waals surface area contributed by atoms with Crippen molar-refractivity contribution in [1.29, 1.82) is 0 Å². The topological polar surface area (TPSA) is 86.9 Å². The summed E-state index contributed by atoms with van der Waals surface area (Å²) < 4.78 is 0.837. The highest BCUT2D eigenvalue weighted by Gasteiger charge is 2.21. The van der Waals surface area contributed by atoms with Gasteiger partial charge in [0.1, 0.15) is 0 Å². The van der Waals surface area contributed by atoms with Crippen molar-refractivity contribution in [2.75, 3.05) is 37.6 Å². The first-order chi connectivity index (χ1) is 9.47. The van der Waals surface area contributed by atoms with Crippen molar-refractivity contribution in [1.82, 2.24) is 4.90 Å². The number of carbonyl (C=O) groups is 1. The molecule has 1 heterocycles. The maximum Gasteiger partial charge on any atom is 0.317 e. The van der Waals surface area contributed by atoms with E-state index < -0.39 is 10.9 Å². The van der Waals surface area contributed by atoms with Crippen molar-refractivity contribution >= 4 is 39.9 Å². The van der Waals surface area contributed by atoms with Crippen LogP contribution in [0, 0.1) is 13.7 Å². The Balaban J connectivity index is 2.03. The lowest BCUT2D eigenvalue weighted by atomic mass is 10.2. The van der Waals surface area contributed by atoms with E-state index in [2.05, 4.69) is 27.5 Å². The molecule has 0 saturated carbocycles. The number of piperazine rings is 1. The van der Waals surface area contributed by atoms with Crippen molar-refractivity contribution in [2.45, 2.75) is 0 Å². The van der Waals surface area contributed by atoms with Crippen LogP contribution < -0.4 is 4.90 Å². The predicted molar refractivity (Wildman–Crippen MR) is 82.1 cm³/mol. The number of halogens is 1. The van der Waals surface area contributed by atoms with Crippen LogP contribution in [0.5, 0.6) is 0 Å². The van der Waals surface area contributed by atoms with Gasteiger partial charge in [0, 0.05) is 41.9 Å². The number of benzene rings is 1. The Labute approximate surface area is 129 Å². The zero-order valence-electron chi connectivity index (χ0n) is 10.7. The minimum atomic E-state index is -0.816. The average molecular weight is 391 g/mol. The molecule has 0 spiro atoms. The summed E-state index contributed by atoms with van der Waals surface area (Å²) in [6.45, 7) is 2.87. The van der Waals surface area contributed by atoms with E-state index >= 15 is 0 Å². The van der Waals surface area contributed by atoms with Crippen molar-refractivity contribution < 1.29 is 14.8 Å². The summed E-state index contributed by atoms with van der Waals surface area (Å²) in [5.41, 5.74) is 1.05. The first kappa shape index (κ1) is 15.0. The van der Waals surface area contributed by atoms with Crippen LogP contribution >= 0.6 is 22.6 Å². The molecule has 0 radical (unpaired) electrons. The number of nitro benzene ring substituents is 1. The number of nitrogens with zero attached hydrogens (tertiary/aromatic N) is 3. The molecule has 20 heavy (non-hydrogen) atoms. The molecule has 8 heteroatoms. The van der Waals surface area contributed by atoms with Crippen LogP contribution in [0.15, 0.2) is 18.2 Å². The van der Waals surface area contributed by atoms with E-state index in [0.717, 1.165) is 22.3 Å². The van der Waals surface area contributed by atoms with Crippen LogP contribution in [0.1, 0.15) is 0 Å². The zero-order valence-corrected chi connectivity index (χ0v) is 12.8. The average Bonchev–Trinajstić information content (AvgIpc) is 2.39. The molecule has 2 rings (SSSR count). The smallest absolute Gasteiger partial charge is 0.317 e.